The van der Waals surface area contributed by atoms with Crippen molar-refractivity contribution in [1.29, 1.82) is 0 Å². The highest BCUT2D eigenvalue weighted by atomic mass is 35.5. The summed E-state index contributed by atoms with van der Waals surface area (Å²) in [7, 11) is 1.62. The van der Waals surface area contributed by atoms with Crippen LogP contribution in [0.5, 0.6) is 5.75 Å². The highest BCUT2D eigenvalue weighted by Gasteiger charge is 2.25. The number of nitrogens with one attached hydrogen (secondary N) is 1. The van der Waals surface area contributed by atoms with E-state index in [0.717, 1.165) is 40.3 Å². The van der Waals surface area contributed by atoms with Gasteiger partial charge in [0.05, 0.1) is 28.2 Å². The number of anilines is 1. The second-order valence-electron chi connectivity index (χ2n) is 7.83. The van der Waals surface area contributed by atoms with Gasteiger partial charge >= 0.3 is 0 Å². The van der Waals surface area contributed by atoms with Gasteiger partial charge in [0.2, 0.25) is 5.91 Å². The van der Waals surface area contributed by atoms with Crippen molar-refractivity contribution < 1.29 is 9.53 Å². The molecule has 3 aromatic carbocycles. The number of rotatable bonds is 8. The smallest absolute Gasteiger partial charge is 0.247 e. The van der Waals surface area contributed by atoms with Crippen LogP contribution >= 0.6 is 23.2 Å². The Hall–Kier alpha value is -3.02. The van der Waals surface area contributed by atoms with Gasteiger partial charge in [0, 0.05) is 12.1 Å². The largest absolute Gasteiger partial charge is 0.497 e. The number of carbonyl (C=O) groups is 1. The summed E-state index contributed by atoms with van der Waals surface area (Å²) in [5.74, 6) is 1.46. The van der Waals surface area contributed by atoms with Crippen molar-refractivity contribution in [2.45, 2.75) is 32.2 Å². The zero-order valence-corrected chi connectivity index (χ0v) is 20.0. The van der Waals surface area contributed by atoms with E-state index in [1.807, 2.05) is 60.7 Å². The first-order valence-corrected chi connectivity index (χ1v) is 11.6. The molecule has 7 heteroatoms. The van der Waals surface area contributed by atoms with Crippen molar-refractivity contribution in [3.63, 3.8) is 0 Å². The molecule has 1 heterocycles. The number of imidazole rings is 1. The van der Waals surface area contributed by atoms with Gasteiger partial charge in [-0.25, -0.2) is 4.98 Å². The van der Waals surface area contributed by atoms with Crippen LogP contribution in [0.25, 0.3) is 11.0 Å². The Kier molecular flexibility index (Phi) is 7.21. The van der Waals surface area contributed by atoms with Crippen molar-refractivity contribution in [1.82, 2.24) is 9.55 Å². The lowest BCUT2D eigenvalue weighted by Gasteiger charge is -2.21. The van der Waals surface area contributed by atoms with Crippen LogP contribution in [-0.2, 0) is 11.2 Å². The molecule has 170 valence electrons. The van der Waals surface area contributed by atoms with Crippen LogP contribution in [0.2, 0.25) is 10.0 Å². The van der Waals surface area contributed by atoms with Crippen LogP contribution in [0.4, 0.5) is 5.69 Å². The van der Waals surface area contributed by atoms with E-state index in [1.54, 1.807) is 13.2 Å². The van der Waals surface area contributed by atoms with Crippen molar-refractivity contribution in [3.05, 3.63) is 88.2 Å². The van der Waals surface area contributed by atoms with Gasteiger partial charge in [-0.2, -0.15) is 0 Å². The normalized spacial score (nSPS) is 12.0. The Balaban J connectivity index is 1.72. The fraction of sp³-hybridized carbons (Fsp3) is 0.231. The average molecular weight is 482 g/mol. The van der Waals surface area contributed by atoms with E-state index in [2.05, 4.69) is 16.8 Å². The Morgan fingerprint density at radius 2 is 1.82 bits per heavy atom. The number of methoxy groups -OCH3 is 1. The van der Waals surface area contributed by atoms with Gasteiger partial charge < -0.3 is 14.6 Å². The number of benzene rings is 3. The minimum Gasteiger partial charge on any atom is -0.497 e. The summed E-state index contributed by atoms with van der Waals surface area (Å²) in [6.07, 6.45) is 2.05. The first-order chi connectivity index (χ1) is 16.0. The van der Waals surface area contributed by atoms with E-state index < -0.39 is 6.04 Å². The van der Waals surface area contributed by atoms with Crippen LogP contribution in [0.15, 0.2) is 66.7 Å². The molecular formula is C26H25Cl2N3O2. The summed E-state index contributed by atoms with van der Waals surface area (Å²) >= 11 is 12.3. The van der Waals surface area contributed by atoms with Crippen LogP contribution in [0, 0.1) is 0 Å². The third kappa shape index (κ3) is 5.15. The number of nitrogens with zero attached hydrogens (tertiary/aromatic N) is 2. The van der Waals surface area contributed by atoms with Gasteiger partial charge in [0.25, 0.3) is 0 Å². The van der Waals surface area contributed by atoms with E-state index in [9.17, 15) is 4.79 Å². The molecular weight excluding hydrogens is 457 g/mol. The van der Waals surface area contributed by atoms with Crippen molar-refractivity contribution in [2.75, 3.05) is 12.4 Å². The minimum absolute atomic E-state index is 0.0828. The van der Waals surface area contributed by atoms with Gasteiger partial charge in [-0.3, -0.25) is 4.79 Å². The zero-order valence-electron chi connectivity index (χ0n) is 18.5. The number of carbonyl (C=O) groups excluding carboxylic acids is 1. The Morgan fingerprint density at radius 3 is 2.52 bits per heavy atom. The third-order valence-corrected chi connectivity index (χ3v) is 6.29. The van der Waals surface area contributed by atoms with Gasteiger partial charge in [-0.1, -0.05) is 54.7 Å². The molecule has 1 N–H and O–H groups in total. The lowest BCUT2D eigenvalue weighted by molar-refractivity contribution is -0.119. The summed E-state index contributed by atoms with van der Waals surface area (Å²) < 4.78 is 7.27. The Bertz CT molecular complexity index is 1270. The molecule has 33 heavy (non-hydrogen) atoms. The number of hydrogen-bond donors (Lipinski definition) is 1. The molecule has 4 aromatic rings. The van der Waals surface area contributed by atoms with Crippen molar-refractivity contribution in [2.24, 2.45) is 0 Å². The maximum atomic E-state index is 13.5. The quantitative estimate of drug-likeness (QED) is 0.297. The van der Waals surface area contributed by atoms with E-state index in [1.165, 1.54) is 0 Å². The van der Waals surface area contributed by atoms with Crippen molar-refractivity contribution >= 4 is 45.8 Å². The number of para-hydroxylation sites is 2. The number of amides is 1. The van der Waals surface area contributed by atoms with E-state index >= 15 is 0 Å². The average Bonchev–Trinajstić information content (AvgIpc) is 3.17. The predicted molar refractivity (Wildman–Crippen MR) is 135 cm³/mol. The summed E-state index contributed by atoms with van der Waals surface area (Å²) in [5, 5.41) is 4.07. The molecule has 0 fully saturated rings. The SMILES string of the molecule is CCC[C@@H](C(=O)Nc1ccc(OC)cc1)n1c(Cc2ccc(Cl)c(Cl)c2)nc2ccccc21. The predicted octanol–water partition coefficient (Wildman–Crippen LogP) is 6.92. The fourth-order valence-electron chi connectivity index (χ4n) is 3.95. The van der Waals surface area contributed by atoms with Gasteiger partial charge in [0.1, 0.15) is 17.6 Å². The Morgan fingerprint density at radius 1 is 1.06 bits per heavy atom. The highest BCUT2D eigenvalue weighted by molar-refractivity contribution is 6.42. The molecule has 0 bridgehead atoms. The summed E-state index contributed by atoms with van der Waals surface area (Å²) in [4.78, 5) is 18.3. The first-order valence-electron chi connectivity index (χ1n) is 10.8. The van der Waals surface area contributed by atoms with Crippen LogP contribution < -0.4 is 10.1 Å². The molecule has 1 atom stereocenters. The molecule has 0 radical (unpaired) electrons. The number of hydrogen-bond acceptors (Lipinski definition) is 3. The summed E-state index contributed by atoms with van der Waals surface area (Å²) in [6, 6.07) is 20.4. The Labute approximate surface area is 203 Å². The van der Waals surface area contributed by atoms with E-state index in [-0.39, 0.29) is 5.91 Å². The molecule has 0 spiro atoms. The van der Waals surface area contributed by atoms with Crippen molar-refractivity contribution in [3.8, 4) is 5.75 Å². The van der Waals surface area contributed by atoms with Gasteiger partial charge in [0.15, 0.2) is 0 Å². The maximum absolute atomic E-state index is 13.5. The zero-order chi connectivity index (χ0) is 23.4. The molecule has 1 aromatic heterocycles. The molecule has 0 aliphatic carbocycles. The van der Waals surface area contributed by atoms with Crippen LogP contribution in [0.1, 0.15) is 37.2 Å². The van der Waals surface area contributed by atoms with E-state index in [4.69, 9.17) is 32.9 Å². The molecule has 1 amide bonds. The molecule has 4 rings (SSSR count). The number of aromatic nitrogens is 2. The molecule has 0 aliphatic heterocycles. The van der Waals surface area contributed by atoms with E-state index in [0.29, 0.717) is 22.9 Å². The lowest BCUT2D eigenvalue weighted by atomic mass is 10.1. The second-order valence-corrected chi connectivity index (χ2v) is 8.65. The minimum atomic E-state index is -0.415. The monoisotopic (exact) mass is 481 g/mol. The second kappa shape index (κ2) is 10.3. The van der Waals surface area contributed by atoms with Gasteiger partial charge in [-0.15, -0.1) is 0 Å². The van der Waals surface area contributed by atoms with Gasteiger partial charge in [-0.05, 0) is 60.5 Å². The highest BCUT2D eigenvalue weighted by Crippen LogP contribution is 2.29. The maximum Gasteiger partial charge on any atom is 0.247 e. The summed E-state index contributed by atoms with van der Waals surface area (Å²) in [6.45, 7) is 2.07. The van der Waals surface area contributed by atoms with Crippen LogP contribution in [-0.4, -0.2) is 22.6 Å². The molecule has 0 saturated carbocycles. The molecule has 0 unspecified atom stereocenters. The molecule has 0 aliphatic rings. The molecule has 5 nitrogen and oxygen atoms in total. The van der Waals surface area contributed by atoms with Crippen LogP contribution in [0.3, 0.4) is 0 Å². The summed E-state index contributed by atoms with van der Waals surface area (Å²) in [5.41, 5.74) is 3.48. The number of fused-ring (bicyclic) bond motifs is 1. The lowest BCUT2D eigenvalue weighted by Crippen LogP contribution is -2.27. The molecule has 0 saturated heterocycles. The fourth-order valence-corrected chi connectivity index (χ4v) is 4.27. The first kappa shape index (κ1) is 23.1. The topological polar surface area (TPSA) is 56.1 Å². The standard InChI is InChI=1S/C26H25Cl2N3O2/c1-3-6-24(26(32)29-18-10-12-19(33-2)13-11-18)31-23-8-5-4-7-22(23)30-25(31)16-17-9-14-20(27)21(28)15-17/h4-5,7-15,24H,3,6,16H2,1-2H3,(H,29,32)/t24-/m0/s1. The third-order valence-electron chi connectivity index (χ3n) is 5.55. The number of halogens is 2. The number of ether oxygens (including phenoxy) is 1.